The van der Waals surface area contributed by atoms with Crippen molar-refractivity contribution in [2.45, 2.75) is 79.7 Å². The van der Waals surface area contributed by atoms with E-state index in [1.807, 2.05) is 0 Å². The summed E-state index contributed by atoms with van der Waals surface area (Å²) < 4.78 is 1.08. The van der Waals surface area contributed by atoms with Crippen LogP contribution in [-0.2, 0) is 0 Å². The second-order valence-electron chi connectivity index (χ2n) is 9.73. The minimum absolute atomic E-state index is 0.0464. The Morgan fingerprint density at radius 2 is 1.25 bits per heavy atom. The Kier molecular flexibility index (Phi) is 6.76. The van der Waals surface area contributed by atoms with Gasteiger partial charge in [0.1, 0.15) is 0 Å². The van der Waals surface area contributed by atoms with Crippen LogP contribution in [0.3, 0.4) is 0 Å². The van der Waals surface area contributed by atoms with Gasteiger partial charge in [0.05, 0.1) is 27.2 Å². The van der Waals surface area contributed by atoms with Crippen LogP contribution in [0.25, 0.3) is 0 Å². The number of rotatable bonds is 9. The molecule has 0 aliphatic heterocycles. The number of hydrogen-bond acceptors (Lipinski definition) is 1. The molecular weight excluding hydrogens is 244 g/mol. The predicted molar refractivity (Wildman–Crippen MR) is 91.8 cm³/mol. The molecule has 0 saturated heterocycles. The number of nitrogens with zero attached hydrogens (tertiary/aromatic N) is 1. The molecule has 0 aromatic heterocycles. The van der Waals surface area contributed by atoms with Crippen molar-refractivity contribution in [1.29, 1.82) is 0 Å². The summed E-state index contributed by atoms with van der Waals surface area (Å²) in [5.74, 6) is 0. The van der Waals surface area contributed by atoms with Crippen LogP contribution in [0.1, 0.15) is 74.1 Å². The molecule has 0 fully saturated rings. The molecule has 0 aromatic carbocycles. The highest BCUT2D eigenvalue weighted by atomic mass is 15.3. The summed E-state index contributed by atoms with van der Waals surface area (Å²) in [5, 5.41) is 0. The molecule has 0 aromatic rings. The fraction of sp³-hybridized carbons (Fsp3) is 1.00. The lowest BCUT2D eigenvalue weighted by atomic mass is 9.72. The van der Waals surface area contributed by atoms with Gasteiger partial charge >= 0.3 is 0 Å². The predicted octanol–water partition coefficient (Wildman–Crippen LogP) is 4.43. The van der Waals surface area contributed by atoms with E-state index >= 15 is 0 Å². The largest absolute Gasteiger partial charge is 0.328 e. The Balaban J connectivity index is 4.37. The average Bonchev–Trinajstić information content (AvgIpc) is 2.22. The van der Waals surface area contributed by atoms with Crippen molar-refractivity contribution in [3.63, 3.8) is 0 Å². The van der Waals surface area contributed by atoms with Gasteiger partial charge in [-0.15, -0.1) is 0 Å². The number of hydrogen-bond donors (Lipinski definition) is 1. The van der Waals surface area contributed by atoms with Crippen molar-refractivity contribution in [3.8, 4) is 0 Å². The molecule has 122 valence electrons. The van der Waals surface area contributed by atoms with Crippen LogP contribution in [-0.4, -0.2) is 37.2 Å². The standard InChI is InChI=1S/C18H41N2/c1-10-16(2,3)15-17(4,5)11-13-20(8,9)14-12-18(6,7)19/h10-15,19H2,1-9H3/q+1. The fourth-order valence-electron chi connectivity index (χ4n) is 2.82. The molecule has 0 bridgehead atoms. The van der Waals surface area contributed by atoms with Crippen molar-refractivity contribution in [2.24, 2.45) is 16.6 Å². The highest BCUT2D eigenvalue weighted by molar-refractivity contribution is 4.78. The van der Waals surface area contributed by atoms with Crippen LogP contribution in [0.15, 0.2) is 0 Å². The van der Waals surface area contributed by atoms with Crippen LogP contribution in [0, 0.1) is 10.8 Å². The van der Waals surface area contributed by atoms with Crippen molar-refractivity contribution < 1.29 is 4.48 Å². The van der Waals surface area contributed by atoms with Crippen LogP contribution >= 0.6 is 0 Å². The number of quaternary nitrogens is 1. The summed E-state index contributed by atoms with van der Waals surface area (Å²) in [7, 11) is 4.68. The minimum atomic E-state index is -0.0464. The molecule has 2 nitrogen and oxygen atoms in total. The summed E-state index contributed by atoms with van der Waals surface area (Å²) >= 11 is 0. The zero-order valence-electron chi connectivity index (χ0n) is 15.8. The van der Waals surface area contributed by atoms with Crippen molar-refractivity contribution in [1.82, 2.24) is 0 Å². The maximum Gasteiger partial charge on any atom is 0.0800 e. The summed E-state index contributed by atoms with van der Waals surface area (Å²) in [5.41, 5.74) is 6.95. The van der Waals surface area contributed by atoms with Crippen molar-refractivity contribution in [3.05, 3.63) is 0 Å². The number of nitrogens with two attached hydrogens (primary N) is 1. The van der Waals surface area contributed by atoms with Gasteiger partial charge in [-0.1, -0.05) is 41.0 Å². The third-order valence-electron chi connectivity index (χ3n) is 4.67. The average molecular weight is 286 g/mol. The van der Waals surface area contributed by atoms with Gasteiger partial charge in [-0.25, -0.2) is 0 Å². The second kappa shape index (κ2) is 6.79. The lowest BCUT2D eigenvalue weighted by molar-refractivity contribution is -0.891. The van der Waals surface area contributed by atoms with Gasteiger partial charge < -0.3 is 10.2 Å². The Hall–Kier alpha value is -0.0800. The van der Waals surface area contributed by atoms with Gasteiger partial charge in [-0.2, -0.15) is 0 Å². The Morgan fingerprint density at radius 3 is 1.65 bits per heavy atom. The first-order valence-corrected chi connectivity index (χ1v) is 8.29. The van der Waals surface area contributed by atoms with Crippen LogP contribution in [0.2, 0.25) is 0 Å². The Morgan fingerprint density at radius 1 is 0.800 bits per heavy atom. The zero-order chi connectivity index (χ0) is 16.2. The van der Waals surface area contributed by atoms with Gasteiger partial charge in [-0.3, -0.25) is 0 Å². The molecule has 0 aliphatic carbocycles. The molecule has 0 atom stereocenters. The summed E-state index contributed by atoms with van der Waals surface area (Å²) in [6.07, 6.45) is 4.93. The molecule has 2 N–H and O–H groups in total. The van der Waals surface area contributed by atoms with Crippen molar-refractivity contribution in [2.75, 3.05) is 27.2 Å². The minimum Gasteiger partial charge on any atom is -0.328 e. The molecule has 0 radical (unpaired) electrons. The Bertz CT molecular complexity index is 282. The van der Waals surface area contributed by atoms with Gasteiger partial charge in [0.25, 0.3) is 0 Å². The second-order valence-corrected chi connectivity index (χ2v) is 9.73. The van der Waals surface area contributed by atoms with Crippen molar-refractivity contribution >= 4 is 0 Å². The van der Waals surface area contributed by atoms with Gasteiger partial charge in [0, 0.05) is 18.4 Å². The third kappa shape index (κ3) is 9.77. The molecule has 0 amide bonds. The summed E-state index contributed by atoms with van der Waals surface area (Å²) in [6.45, 7) is 18.6. The van der Waals surface area contributed by atoms with E-state index in [1.54, 1.807) is 0 Å². The maximum absolute atomic E-state index is 6.12. The fourth-order valence-corrected chi connectivity index (χ4v) is 2.82. The van der Waals surface area contributed by atoms with E-state index in [4.69, 9.17) is 5.73 Å². The normalized spacial score (nSPS) is 14.7. The highest BCUT2D eigenvalue weighted by Gasteiger charge is 2.30. The van der Waals surface area contributed by atoms with Gasteiger partial charge in [0.15, 0.2) is 0 Å². The third-order valence-corrected chi connectivity index (χ3v) is 4.67. The quantitative estimate of drug-likeness (QED) is 0.623. The van der Waals surface area contributed by atoms with E-state index < -0.39 is 0 Å². The zero-order valence-corrected chi connectivity index (χ0v) is 15.8. The van der Waals surface area contributed by atoms with E-state index in [1.165, 1.54) is 25.8 Å². The summed E-state index contributed by atoms with van der Waals surface area (Å²) in [4.78, 5) is 0. The van der Waals surface area contributed by atoms with Crippen LogP contribution in [0.4, 0.5) is 0 Å². The Labute approximate surface area is 128 Å². The molecule has 0 unspecified atom stereocenters. The first-order valence-electron chi connectivity index (χ1n) is 8.29. The van der Waals surface area contributed by atoms with E-state index in [9.17, 15) is 0 Å². The van der Waals surface area contributed by atoms with E-state index in [0.717, 1.165) is 17.4 Å². The summed E-state index contributed by atoms with van der Waals surface area (Å²) in [6, 6.07) is 0. The molecule has 0 aliphatic rings. The molecule has 0 rings (SSSR count). The molecule has 0 spiro atoms. The first-order chi connectivity index (χ1) is 8.68. The topological polar surface area (TPSA) is 26.0 Å². The lowest BCUT2D eigenvalue weighted by Crippen LogP contribution is -2.47. The van der Waals surface area contributed by atoms with Crippen LogP contribution in [0.5, 0.6) is 0 Å². The molecule has 20 heavy (non-hydrogen) atoms. The first kappa shape index (κ1) is 19.9. The van der Waals surface area contributed by atoms with E-state index in [2.05, 4.69) is 62.6 Å². The smallest absolute Gasteiger partial charge is 0.0800 e. The highest BCUT2D eigenvalue weighted by Crippen LogP contribution is 2.38. The van der Waals surface area contributed by atoms with E-state index in [-0.39, 0.29) is 5.54 Å². The van der Waals surface area contributed by atoms with Gasteiger partial charge in [-0.05, 0) is 31.1 Å². The molecule has 0 saturated carbocycles. The molecular formula is C18H41N2+. The molecule has 0 heterocycles. The van der Waals surface area contributed by atoms with Gasteiger partial charge in [0.2, 0.25) is 0 Å². The van der Waals surface area contributed by atoms with Crippen LogP contribution < -0.4 is 5.73 Å². The molecule has 2 heteroatoms. The maximum atomic E-state index is 6.12. The monoisotopic (exact) mass is 285 g/mol. The SMILES string of the molecule is CCC(C)(C)CC(C)(C)CC[N+](C)(C)CCC(C)(C)N. The lowest BCUT2D eigenvalue weighted by Gasteiger charge is -2.38. The van der Waals surface area contributed by atoms with E-state index in [0.29, 0.717) is 10.8 Å².